The summed E-state index contributed by atoms with van der Waals surface area (Å²) < 4.78 is 43.6. The standard InChI is InChI=1S/C27H32F3N3O7/c1-5-33(6-2)10-12-9-15(34)17-13(19(12)27(28,29)30)7-11-8-14-20(32(3)4)22(36)18(25(31)39)24(38)26(14,40)23(37)16(11)21(17)35/h9,11,14,20,34,36-37,40H,5-8,10H2,1-4H3,(H2,31,39)/t11-,14-,20-,26-/m0/s1. The zero-order valence-electron chi connectivity index (χ0n) is 22.5. The first-order valence-electron chi connectivity index (χ1n) is 12.8. The number of fused-ring (bicyclic) bond motifs is 3. The van der Waals surface area contributed by atoms with E-state index in [2.05, 4.69) is 0 Å². The van der Waals surface area contributed by atoms with Crippen molar-refractivity contribution in [2.45, 2.75) is 51.1 Å². The third kappa shape index (κ3) is 4.18. The number of halogens is 3. The Kier molecular flexibility index (Phi) is 7.31. The smallest absolute Gasteiger partial charge is 0.417 e. The third-order valence-electron chi connectivity index (χ3n) is 8.38. The van der Waals surface area contributed by atoms with Crippen LogP contribution in [0.1, 0.15) is 47.3 Å². The number of hydrogen-bond donors (Lipinski definition) is 5. The molecule has 3 aliphatic carbocycles. The van der Waals surface area contributed by atoms with Crippen LogP contribution in [0.15, 0.2) is 28.7 Å². The number of nitrogens with two attached hydrogens (primary N) is 1. The second-order valence-corrected chi connectivity index (χ2v) is 10.7. The van der Waals surface area contributed by atoms with Crippen molar-refractivity contribution in [3.05, 3.63) is 51.0 Å². The number of alkyl halides is 3. The molecule has 0 aromatic heterocycles. The summed E-state index contributed by atoms with van der Waals surface area (Å²) in [5.74, 6) is -9.00. The summed E-state index contributed by atoms with van der Waals surface area (Å²) in [5.41, 5.74) is -1.42. The zero-order chi connectivity index (χ0) is 30.1. The van der Waals surface area contributed by atoms with Crippen molar-refractivity contribution < 1.29 is 48.0 Å². The molecule has 0 spiro atoms. The summed E-state index contributed by atoms with van der Waals surface area (Å²) in [6.07, 6.45) is -5.63. The number of hydrogen-bond acceptors (Lipinski definition) is 9. The number of primary amides is 1. The minimum atomic E-state index is -4.89. The molecule has 4 rings (SSSR count). The molecule has 0 saturated heterocycles. The summed E-state index contributed by atoms with van der Waals surface area (Å²) in [4.78, 5) is 42.1. The van der Waals surface area contributed by atoms with E-state index < -0.39 is 98.7 Å². The number of carbonyl (C=O) groups is 3. The highest BCUT2D eigenvalue weighted by Gasteiger charge is 2.63. The van der Waals surface area contributed by atoms with Gasteiger partial charge in [-0.05, 0) is 63.1 Å². The van der Waals surface area contributed by atoms with Gasteiger partial charge in [-0.25, -0.2) is 0 Å². The van der Waals surface area contributed by atoms with Gasteiger partial charge in [0.25, 0.3) is 5.91 Å². The molecule has 1 aromatic rings. The second kappa shape index (κ2) is 9.89. The van der Waals surface area contributed by atoms with Gasteiger partial charge in [-0.1, -0.05) is 13.8 Å². The third-order valence-corrected chi connectivity index (χ3v) is 8.38. The Balaban J connectivity index is 1.97. The lowest BCUT2D eigenvalue weighted by atomic mass is 9.58. The maximum atomic E-state index is 14.5. The van der Waals surface area contributed by atoms with Crippen LogP contribution >= 0.6 is 0 Å². The molecule has 0 aliphatic heterocycles. The van der Waals surface area contributed by atoms with Gasteiger partial charge >= 0.3 is 6.18 Å². The number of nitrogens with zero attached hydrogens (tertiary/aromatic N) is 2. The first kappa shape index (κ1) is 29.6. The Bertz CT molecular complexity index is 1360. The van der Waals surface area contributed by atoms with Gasteiger partial charge in [0.1, 0.15) is 22.8 Å². The molecule has 0 radical (unpaired) electrons. The van der Waals surface area contributed by atoms with Crippen molar-refractivity contribution in [3.63, 3.8) is 0 Å². The van der Waals surface area contributed by atoms with Crippen molar-refractivity contribution in [1.29, 1.82) is 0 Å². The maximum Gasteiger partial charge on any atom is 0.417 e. The van der Waals surface area contributed by atoms with Gasteiger partial charge in [0.15, 0.2) is 11.4 Å². The molecule has 0 unspecified atom stereocenters. The van der Waals surface area contributed by atoms with Crippen LogP contribution in [0.25, 0.3) is 0 Å². The molecule has 40 heavy (non-hydrogen) atoms. The highest BCUT2D eigenvalue weighted by atomic mass is 19.4. The number of amides is 1. The molecule has 13 heteroatoms. The van der Waals surface area contributed by atoms with Crippen LogP contribution < -0.4 is 5.73 Å². The van der Waals surface area contributed by atoms with Gasteiger partial charge in [-0.15, -0.1) is 0 Å². The van der Waals surface area contributed by atoms with Crippen LogP contribution in [0.3, 0.4) is 0 Å². The van der Waals surface area contributed by atoms with E-state index in [1.165, 1.54) is 19.0 Å². The Labute approximate surface area is 228 Å². The molecule has 218 valence electrons. The van der Waals surface area contributed by atoms with Crippen LogP contribution in [0.4, 0.5) is 13.2 Å². The topological polar surface area (TPSA) is 165 Å². The van der Waals surface area contributed by atoms with Crippen LogP contribution in [0.5, 0.6) is 5.75 Å². The number of rotatable bonds is 6. The number of allylic oxidation sites excluding steroid dienone is 1. The number of aliphatic hydroxyl groups is 3. The van der Waals surface area contributed by atoms with Gasteiger partial charge in [0, 0.05) is 18.0 Å². The van der Waals surface area contributed by atoms with Gasteiger partial charge in [-0.3, -0.25) is 24.2 Å². The Morgan fingerprint density at radius 2 is 1.75 bits per heavy atom. The van der Waals surface area contributed by atoms with Gasteiger partial charge < -0.3 is 26.2 Å². The largest absolute Gasteiger partial charge is 0.510 e. The van der Waals surface area contributed by atoms with Crippen LogP contribution in [0, 0.1) is 11.8 Å². The molecule has 1 amide bonds. The average molecular weight is 568 g/mol. The number of benzene rings is 1. The van der Waals surface area contributed by atoms with E-state index in [1.807, 2.05) is 0 Å². The number of phenols is 1. The van der Waals surface area contributed by atoms with Crippen LogP contribution in [-0.4, -0.2) is 86.5 Å². The number of Topliss-reactive ketones (excluding diaryl/α,β-unsaturated/α-hetero) is 2. The van der Waals surface area contributed by atoms with Gasteiger partial charge in [0.2, 0.25) is 5.78 Å². The van der Waals surface area contributed by atoms with Gasteiger partial charge in [0.05, 0.1) is 17.2 Å². The molecule has 10 nitrogen and oxygen atoms in total. The van der Waals surface area contributed by atoms with Gasteiger partial charge in [-0.2, -0.15) is 13.2 Å². The summed E-state index contributed by atoms with van der Waals surface area (Å²) in [5, 5.41) is 44.5. The van der Waals surface area contributed by atoms with E-state index in [0.29, 0.717) is 13.1 Å². The van der Waals surface area contributed by atoms with Crippen molar-refractivity contribution in [2.24, 2.45) is 17.6 Å². The quantitative estimate of drug-likeness (QED) is 0.323. The normalized spacial score (nSPS) is 26.8. The number of aromatic hydroxyl groups is 1. The second-order valence-electron chi connectivity index (χ2n) is 10.7. The van der Waals surface area contributed by atoms with E-state index in [-0.39, 0.29) is 18.5 Å². The first-order chi connectivity index (χ1) is 18.5. The summed E-state index contributed by atoms with van der Waals surface area (Å²) in [6, 6.07) is -0.356. The fourth-order valence-corrected chi connectivity index (χ4v) is 6.56. The number of phenolic OH excluding ortho intramolecular Hbond substituents is 1. The molecule has 1 aromatic carbocycles. The molecule has 6 N–H and O–H groups in total. The Morgan fingerprint density at radius 3 is 2.25 bits per heavy atom. The first-order valence-corrected chi connectivity index (χ1v) is 12.8. The molecule has 0 saturated carbocycles. The molecule has 0 bridgehead atoms. The summed E-state index contributed by atoms with van der Waals surface area (Å²) >= 11 is 0. The van der Waals surface area contributed by atoms with E-state index >= 15 is 0 Å². The van der Waals surface area contributed by atoms with Crippen LogP contribution in [0.2, 0.25) is 0 Å². The van der Waals surface area contributed by atoms with Crippen molar-refractivity contribution in [1.82, 2.24) is 9.80 Å². The number of carbonyl (C=O) groups excluding carboxylic acids is 3. The van der Waals surface area contributed by atoms with E-state index in [4.69, 9.17) is 5.73 Å². The van der Waals surface area contributed by atoms with Crippen molar-refractivity contribution in [2.75, 3.05) is 27.2 Å². The molecular weight excluding hydrogens is 535 g/mol. The average Bonchev–Trinajstić information content (AvgIpc) is 2.83. The highest BCUT2D eigenvalue weighted by Crippen LogP contribution is 2.53. The van der Waals surface area contributed by atoms with Crippen LogP contribution in [-0.2, 0) is 28.7 Å². The molecule has 0 fully saturated rings. The fraction of sp³-hybridized carbons (Fsp3) is 0.519. The van der Waals surface area contributed by atoms with E-state index in [9.17, 15) is 48.0 Å². The minimum Gasteiger partial charge on any atom is -0.510 e. The lowest BCUT2D eigenvalue weighted by Crippen LogP contribution is -2.63. The Morgan fingerprint density at radius 1 is 1.15 bits per heavy atom. The van der Waals surface area contributed by atoms with Crippen molar-refractivity contribution in [3.8, 4) is 5.75 Å². The molecule has 3 aliphatic rings. The number of likely N-dealkylation sites (N-methyl/N-ethyl adjacent to an activating group) is 1. The monoisotopic (exact) mass is 567 g/mol. The highest BCUT2D eigenvalue weighted by molar-refractivity contribution is 6.24. The summed E-state index contributed by atoms with van der Waals surface area (Å²) in [6.45, 7) is 4.31. The minimum absolute atomic E-state index is 0.135. The maximum absolute atomic E-state index is 14.5. The van der Waals surface area contributed by atoms with Crippen molar-refractivity contribution >= 4 is 17.5 Å². The lowest BCUT2D eigenvalue weighted by molar-refractivity contribution is -0.148. The lowest BCUT2D eigenvalue weighted by Gasteiger charge is -2.50. The SMILES string of the molecule is CCN(CC)Cc1cc(O)c2c(c1C(F)(F)F)C[C@H]1C[C@H]3[C@H](N(C)C)C(O)=C(C(N)=O)C(=O)[C@@]3(O)C(O)=C1C2=O. The number of ketones is 2. The predicted molar refractivity (Wildman–Crippen MR) is 135 cm³/mol. The number of aliphatic hydroxyl groups excluding tert-OH is 2. The molecular formula is C27H32F3N3O7. The molecule has 0 heterocycles. The summed E-state index contributed by atoms with van der Waals surface area (Å²) in [7, 11) is 2.93. The van der Waals surface area contributed by atoms with E-state index in [0.717, 1.165) is 6.07 Å². The fourth-order valence-electron chi connectivity index (χ4n) is 6.56. The zero-order valence-corrected chi connectivity index (χ0v) is 22.5. The predicted octanol–water partition coefficient (Wildman–Crippen LogP) is 1.98. The molecule has 4 atom stereocenters. The Hall–Kier alpha value is -3.42. The van der Waals surface area contributed by atoms with E-state index in [1.54, 1.807) is 18.7 Å².